The monoisotopic (exact) mass is 712 g/mol. The number of morpholine rings is 1. The van der Waals surface area contributed by atoms with E-state index in [2.05, 4.69) is 27.7 Å². The number of carbonyl (C=O) groups is 2. The molecule has 0 radical (unpaired) electrons. The maximum atomic E-state index is 13.0. The van der Waals surface area contributed by atoms with Crippen LogP contribution in [0.15, 0.2) is 22.8 Å². The topological polar surface area (TPSA) is 154 Å². The minimum Gasteiger partial charge on any atom is -0.459 e. The van der Waals surface area contributed by atoms with Crippen LogP contribution in [-0.4, -0.2) is 94.6 Å². The van der Waals surface area contributed by atoms with Crippen LogP contribution in [0.25, 0.3) is 0 Å². The molecule has 2 spiro atoms. The number of amides is 1. The van der Waals surface area contributed by atoms with Crippen molar-refractivity contribution >= 4 is 11.9 Å². The van der Waals surface area contributed by atoms with Crippen LogP contribution in [0.4, 0.5) is 0 Å². The predicted octanol–water partition coefficient (Wildman–Crippen LogP) is 4.67. The van der Waals surface area contributed by atoms with Crippen molar-refractivity contribution in [1.82, 2.24) is 4.90 Å². The quantitative estimate of drug-likeness (QED) is 0.355. The Morgan fingerprint density at radius 1 is 1.10 bits per heavy atom. The van der Waals surface area contributed by atoms with Gasteiger partial charge in [0.2, 0.25) is 0 Å². The number of nitrogens with zero attached hydrogens (tertiary/aromatic N) is 1. The third kappa shape index (κ3) is 4.96. The summed E-state index contributed by atoms with van der Waals surface area (Å²) in [7, 11) is 0. The van der Waals surface area contributed by atoms with Gasteiger partial charge in [-0.15, -0.1) is 0 Å². The third-order valence-corrected chi connectivity index (χ3v) is 15.9. The minimum atomic E-state index is -1.30. The molecule has 2 aliphatic heterocycles. The smallest absolute Gasteiger partial charge is 0.303 e. The molecule has 4 N–H and O–H groups in total. The van der Waals surface area contributed by atoms with E-state index >= 15 is 0 Å². The number of hydrogen-bond donors (Lipinski definition) is 3. The molecule has 6 unspecified atom stereocenters. The zero-order chi connectivity index (χ0) is 36.5. The van der Waals surface area contributed by atoms with E-state index in [1.54, 1.807) is 30.9 Å². The predicted molar refractivity (Wildman–Crippen MR) is 186 cm³/mol. The van der Waals surface area contributed by atoms with Crippen LogP contribution in [0, 0.1) is 45.3 Å². The number of rotatable bonds is 6. The van der Waals surface area contributed by atoms with Crippen LogP contribution < -0.4 is 5.73 Å². The summed E-state index contributed by atoms with van der Waals surface area (Å²) < 4.78 is 30.7. The van der Waals surface area contributed by atoms with E-state index < -0.39 is 47.8 Å². The Labute approximate surface area is 302 Å². The molecule has 11 nitrogen and oxygen atoms in total. The lowest BCUT2D eigenvalue weighted by Crippen LogP contribution is -2.70. The standard InChI is InChI=1S/C40H60N2O9/c1-22-19-25(33(36(5,6)46)49-23(2)43)50-31-30(22)37(7)14-15-39-21-38(39)13-12-28(35(3,4)26(38)10-11-27(39)40(37,41)32(31)44)51-29-20-42(16-18-48-29)34(45)24-9-8-17-47-24/h8-9,17,22,25-33,44,46H,10-16,18-21,41H2,1-7H3/t22-,25?,26+,27?,28+,29+,30+,31?,32+,33+,37?,38?,39?,40+/m1/s1. The van der Waals surface area contributed by atoms with Crippen LogP contribution in [0.2, 0.25) is 0 Å². The van der Waals surface area contributed by atoms with Gasteiger partial charge >= 0.3 is 5.97 Å². The fourth-order valence-electron chi connectivity index (χ4n) is 13.9. The second-order valence-electron chi connectivity index (χ2n) is 19.0. The number of aliphatic hydroxyl groups is 2. The summed E-state index contributed by atoms with van der Waals surface area (Å²) in [5, 5.41) is 23.5. The highest BCUT2D eigenvalue weighted by Crippen LogP contribution is 2.87. The first kappa shape index (κ1) is 36.0. The highest BCUT2D eigenvalue weighted by Gasteiger charge is 2.85. The minimum absolute atomic E-state index is 0.00116. The molecule has 2 saturated heterocycles. The molecule has 11 heteroatoms. The van der Waals surface area contributed by atoms with Gasteiger partial charge in [0.1, 0.15) is 0 Å². The summed E-state index contributed by atoms with van der Waals surface area (Å²) in [5.74, 6) is 0.587. The van der Waals surface area contributed by atoms with Crippen LogP contribution >= 0.6 is 0 Å². The van der Waals surface area contributed by atoms with Crippen molar-refractivity contribution in [3.05, 3.63) is 24.2 Å². The molecule has 1 aromatic rings. The summed E-state index contributed by atoms with van der Waals surface area (Å²) in [6, 6.07) is 3.42. The summed E-state index contributed by atoms with van der Waals surface area (Å²) in [4.78, 5) is 26.9. The van der Waals surface area contributed by atoms with E-state index in [1.807, 2.05) is 0 Å². The van der Waals surface area contributed by atoms with Gasteiger partial charge in [-0.3, -0.25) is 9.59 Å². The van der Waals surface area contributed by atoms with Crippen molar-refractivity contribution in [3.63, 3.8) is 0 Å². The normalized spacial score (nSPS) is 47.6. The fourth-order valence-corrected chi connectivity index (χ4v) is 13.9. The Bertz CT molecular complexity index is 1530. The average molecular weight is 713 g/mol. The van der Waals surface area contributed by atoms with Gasteiger partial charge in [0.15, 0.2) is 18.2 Å². The number of hydrogen-bond acceptors (Lipinski definition) is 10. The van der Waals surface area contributed by atoms with Gasteiger partial charge in [-0.2, -0.15) is 0 Å². The second kappa shape index (κ2) is 11.7. The largest absolute Gasteiger partial charge is 0.459 e. The van der Waals surface area contributed by atoms with E-state index in [9.17, 15) is 19.8 Å². The SMILES string of the molecule is CC(=O)O[C@@H](C1C[C@@H](C)[C@H]2C(O1)[C@H](O)[C@@]1(N)C3CC[C@H]4C(C)(C)[C@@H](O[C@H]5CN(C(=O)c6ccco6)CCO5)CCC45CC35CCC21C)C(C)(C)O. The van der Waals surface area contributed by atoms with Gasteiger partial charge in [-0.05, 0) is 123 Å². The Morgan fingerprint density at radius 3 is 2.51 bits per heavy atom. The molecule has 7 fully saturated rings. The highest BCUT2D eigenvalue weighted by atomic mass is 16.7. The molecule has 5 aliphatic carbocycles. The van der Waals surface area contributed by atoms with Crippen LogP contribution in [0.3, 0.4) is 0 Å². The molecular formula is C40H60N2O9. The summed E-state index contributed by atoms with van der Waals surface area (Å²) >= 11 is 0. The number of nitrogens with two attached hydrogens (primary N) is 1. The van der Waals surface area contributed by atoms with Crippen molar-refractivity contribution in [1.29, 1.82) is 0 Å². The molecule has 14 atom stereocenters. The van der Waals surface area contributed by atoms with Crippen molar-refractivity contribution in [2.75, 3.05) is 19.7 Å². The average Bonchev–Trinajstić information content (AvgIpc) is 3.32. The summed E-state index contributed by atoms with van der Waals surface area (Å²) in [6.45, 7) is 15.2. The van der Waals surface area contributed by atoms with Gasteiger partial charge in [-0.1, -0.05) is 27.7 Å². The molecular weight excluding hydrogens is 652 g/mol. The number of furan rings is 1. The molecule has 51 heavy (non-hydrogen) atoms. The first-order chi connectivity index (χ1) is 23.9. The molecule has 1 amide bonds. The molecule has 0 bridgehead atoms. The zero-order valence-corrected chi connectivity index (χ0v) is 31.6. The van der Waals surface area contributed by atoms with Crippen LogP contribution in [0.5, 0.6) is 0 Å². The lowest BCUT2D eigenvalue weighted by Gasteiger charge is -2.63. The summed E-state index contributed by atoms with van der Waals surface area (Å²) in [5.41, 5.74) is 5.47. The molecule has 0 aromatic carbocycles. The molecule has 1 aromatic heterocycles. The number of esters is 1. The van der Waals surface area contributed by atoms with E-state index in [4.69, 9.17) is 29.1 Å². The lowest BCUT2D eigenvalue weighted by atomic mass is 9.43. The fraction of sp³-hybridized carbons (Fsp3) is 0.850. The maximum absolute atomic E-state index is 13.0. The molecule has 5 saturated carbocycles. The van der Waals surface area contributed by atoms with E-state index in [0.29, 0.717) is 37.8 Å². The van der Waals surface area contributed by atoms with Gasteiger partial charge < -0.3 is 44.2 Å². The van der Waals surface area contributed by atoms with Gasteiger partial charge in [0.05, 0.1) is 55.0 Å². The maximum Gasteiger partial charge on any atom is 0.303 e. The number of ether oxygens (including phenoxy) is 4. The van der Waals surface area contributed by atoms with E-state index in [0.717, 1.165) is 44.9 Å². The first-order valence-electron chi connectivity index (χ1n) is 19.5. The lowest BCUT2D eigenvalue weighted by molar-refractivity contribution is -0.242. The number of aliphatic hydroxyl groups excluding tert-OH is 1. The molecule has 8 rings (SSSR count). The van der Waals surface area contributed by atoms with Crippen LogP contribution in [0.1, 0.15) is 110 Å². The van der Waals surface area contributed by atoms with Crippen molar-refractivity contribution < 1.29 is 43.2 Å². The summed E-state index contributed by atoms with van der Waals surface area (Å²) in [6.07, 6.45) is 6.06. The van der Waals surface area contributed by atoms with Crippen molar-refractivity contribution in [2.24, 2.45) is 51.1 Å². The Hall–Kier alpha value is -2.02. The zero-order valence-electron chi connectivity index (χ0n) is 31.6. The Balaban J connectivity index is 1.01. The van der Waals surface area contributed by atoms with Crippen molar-refractivity contribution in [2.45, 2.75) is 148 Å². The van der Waals surface area contributed by atoms with Gasteiger partial charge in [0.25, 0.3) is 5.91 Å². The number of fused-ring (bicyclic) bond motifs is 4. The number of carbonyl (C=O) groups excluding carboxylic acids is 2. The second-order valence-corrected chi connectivity index (χ2v) is 19.0. The van der Waals surface area contributed by atoms with Crippen LogP contribution in [-0.2, 0) is 23.7 Å². The Kier molecular flexibility index (Phi) is 8.28. The molecule has 3 heterocycles. The molecule has 284 valence electrons. The van der Waals surface area contributed by atoms with Crippen molar-refractivity contribution in [3.8, 4) is 0 Å². The van der Waals surface area contributed by atoms with E-state index in [-0.39, 0.29) is 51.4 Å². The van der Waals surface area contributed by atoms with Gasteiger partial charge in [0, 0.05) is 13.5 Å². The highest BCUT2D eigenvalue weighted by molar-refractivity contribution is 5.91. The van der Waals surface area contributed by atoms with Gasteiger partial charge in [-0.25, -0.2) is 0 Å². The Morgan fingerprint density at radius 2 is 1.82 bits per heavy atom. The van der Waals surface area contributed by atoms with E-state index in [1.165, 1.54) is 13.2 Å². The first-order valence-corrected chi connectivity index (χ1v) is 19.5. The third-order valence-electron chi connectivity index (χ3n) is 15.9. The molecule has 7 aliphatic rings.